The van der Waals surface area contributed by atoms with Crippen molar-refractivity contribution in [3.05, 3.63) is 47.1 Å². The second kappa shape index (κ2) is 10.6. The normalized spacial score (nSPS) is 18.7. The van der Waals surface area contributed by atoms with Crippen LogP contribution in [0.25, 0.3) is 0 Å². The first kappa shape index (κ1) is 22.4. The van der Waals surface area contributed by atoms with Crippen LogP contribution in [-0.4, -0.2) is 30.5 Å². The van der Waals surface area contributed by atoms with Gasteiger partial charge in [0.15, 0.2) is 5.11 Å². The molecule has 152 valence electrons. The number of nitrogens with one attached hydrogen (secondary N) is 3. The number of carbonyl (C=O) groups excluding carboxylic acids is 1. The van der Waals surface area contributed by atoms with Crippen LogP contribution in [0.4, 0.5) is 11.4 Å². The lowest BCUT2D eigenvalue weighted by Crippen LogP contribution is -2.46. The Kier molecular flexibility index (Phi) is 8.44. The number of amides is 1. The second-order valence-corrected chi connectivity index (χ2v) is 7.19. The number of thiocarbonyl (C=S) groups is 1. The van der Waals surface area contributed by atoms with Crippen molar-refractivity contribution < 1.29 is 14.3 Å². The van der Waals surface area contributed by atoms with Crippen molar-refractivity contribution in [3.8, 4) is 0 Å². The third-order valence-corrected chi connectivity index (χ3v) is 4.60. The average Bonchev–Trinajstić information content (AvgIpc) is 2.65. The Morgan fingerprint density at radius 1 is 1.21 bits per heavy atom. The molecule has 2 rings (SSSR count). The molecule has 0 heterocycles. The molecular formula is C20H26ClN3O3S. The fraction of sp³-hybridized carbons (Fsp3) is 0.400. The van der Waals surface area contributed by atoms with E-state index in [1.165, 1.54) is 6.92 Å². The molecule has 0 bridgehead atoms. The topological polar surface area (TPSA) is 71.6 Å². The summed E-state index contributed by atoms with van der Waals surface area (Å²) in [6.45, 7) is 4.14. The standard InChI is InChI=1S/C20H26ClN3O3S/c1-4-5-12-27-20(26-3)11-10-15(21)13-18(20)24-19(28)23-17-8-6-16(7-9-17)22-14(2)25/h6-10,13H,4-5,11-12H2,1-3H3,(H,22,25)(H2,23,24,28). The van der Waals surface area contributed by atoms with Gasteiger partial charge in [0, 0.05) is 36.9 Å². The molecular weight excluding hydrogens is 398 g/mol. The largest absolute Gasteiger partial charge is 0.348 e. The van der Waals surface area contributed by atoms with E-state index in [2.05, 4.69) is 22.9 Å². The third kappa shape index (κ3) is 6.31. The molecule has 1 aromatic carbocycles. The molecule has 0 radical (unpaired) electrons. The van der Waals surface area contributed by atoms with E-state index in [-0.39, 0.29) is 5.91 Å². The van der Waals surface area contributed by atoms with Crippen LogP contribution in [0.5, 0.6) is 0 Å². The molecule has 1 amide bonds. The van der Waals surface area contributed by atoms with Crippen LogP contribution in [0.2, 0.25) is 0 Å². The minimum Gasteiger partial charge on any atom is -0.348 e. The highest BCUT2D eigenvalue weighted by Crippen LogP contribution is 2.32. The molecule has 1 aliphatic carbocycles. The molecule has 1 atom stereocenters. The molecule has 1 aliphatic rings. The molecule has 6 nitrogen and oxygen atoms in total. The lowest BCUT2D eigenvalue weighted by molar-refractivity contribution is -0.197. The summed E-state index contributed by atoms with van der Waals surface area (Å²) in [5.41, 5.74) is 2.14. The zero-order valence-corrected chi connectivity index (χ0v) is 17.9. The van der Waals surface area contributed by atoms with Gasteiger partial charge >= 0.3 is 0 Å². The Balaban J connectivity index is 2.06. The van der Waals surface area contributed by atoms with E-state index in [1.54, 1.807) is 25.3 Å². The first-order chi connectivity index (χ1) is 13.4. The summed E-state index contributed by atoms with van der Waals surface area (Å²) in [5.74, 6) is -1.07. The number of hydrogen-bond donors (Lipinski definition) is 3. The maximum absolute atomic E-state index is 11.1. The van der Waals surface area contributed by atoms with Crippen LogP contribution in [0.15, 0.2) is 47.1 Å². The maximum Gasteiger partial charge on any atom is 0.221 e. The molecule has 0 saturated heterocycles. The van der Waals surface area contributed by atoms with Gasteiger partial charge in [-0.3, -0.25) is 4.79 Å². The van der Waals surface area contributed by atoms with Gasteiger partial charge in [0.2, 0.25) is 11.7 Å². The van der Waals surface area contributed by atoms with E-state index in [9.17, 15) is 4.79 Å². The van der Waals surface area contributed by atoms with Crippen molar-refractivity contribution in [1.29, 1.82) is 0 Å². The second-order valence-electron chi connectivity index (χ2n) is 6.35. The summed E-state index contributed by atoms with van der Waals surface area (Å²) in [5, 5.41) is 9.95. The number of carbonyl (C=O) groups is 1. The van der Waals surface area contributed by atoms with E-state index in [1.807, 2.05) is 18.2 Å². The summed E-state index contributed by atoms with van der Waals surface area (Å²) in [6.07, 6.45) is 6.06. The molecule has 8 heteroatoms. The predicted octanol–water partition coefficient (Wildman–Crippen LogP) is 4.50. The van der Waals surface area contributed by atoms with Gasteiger partial charge in [0.05, 0.1) is 12.3 Å². The number of benzene rings is 1. The highest BCUT2D eigenvalue weighted by molar-refractivity contribution is 7.80. The van der Waals surface area contributed by atoms with Crippen LogP contribution in [0.1, 0.15) is 33.1 Å². The molecule has 1 aromatic rings. The van der Waals surface area contributed by atoms with E-state index >= 15 is 0 Å². The Morgan fingerprint density at radius 3 is 2.43 bits per heavy atom. The highest BCUT2D eigenvalue weighted by Gasteiger charge is 2.37. The fourth-order valence-electron chi connectivity index (χ4n) is 2.67. The summed E-state index contributed by atoms with van der Waals surface area (Å²) in [6, 6.07) is 7.23. The van der Waals surface area contributed by atoms with E-state index in [0.29, 0.717) is 34.6 Å². The van der Waals surface area contributed by atoms with Gasteiger partial charge in [0.1, 0.15) is 0 Å². The number of methoxy groups -OCH3 is 1. The molecule has 0 spiro atoms. The van der Waals surface area contributed by atoms with Crippen molar-refractivity contribution >= 4 is 46.2 Å². The molecule has 0 saturated carbocycles. The lowest BCUT2D eigenvalue weighted by atomic mass is 10.0. The first-order valence-corrected chi connectivity index (χ1v) is 9.89. The van der Waals surface area contributed by atoms with Gasteiger partial charge < -0.3 is 25.4 Å². The van der Waals surface area contributed by atoms with Crippen LogP contribution in [0, 0.1) is 0 Å². The smallest absolute Gasteiger partial charge is 0.221 e. The van der Waals surface area contributed by atoms with Gasteiger partial charge in [-0.2, -0.15) is 0 Å². The van der Waals surface area contributed by atoms with Crippen LogP contribution >= 0.6 is 23.8 Å². The first-order valence-electron chi connectivity index (χ1n) is 9.11. The minimum atomic E-state index is -0.950. The number of ether oxygens (including phenoxy) is 2. The van der Waals surface area contributed by atoms with Gasteiger partial charge in [-0.1, -0.05) is 31.0 Å². The number of hydrogen-bond acceptors (Lipinski definition) is 4. The van der Waals surface area contributed by atoms with Crippen molar-refractivity contribution in [2.75, 3.05) is 24.4 Å². The van der Waals surface area contributed by atoms with E-state index in [0.717, 1.165) is 18.5 Å². The quantitative estimate of drug-likeness (QED) is 0.325. The maximum atomic E-state index is 11.1. The van der Waals surface area contributed by atoms with Crippen LogP contribution < -0.4 is 16.0 Å². The Labute approximate surface area is 176 Å². The summed E-state index contributed by atoms with van der Waals surface area (Å²) in [4.78, 5) is 11.1. The summed E-state index contributed by atoms with van der Waals surface area (Å²) < 4.78 is 11.7. The number of anilines is 2. The zero-order chi connectivity index (χ0) is 20.6. The third-order valence-electron chi connectivity index (χ3n) is 4.13. The molecule has 28 heavy (non-hydrogen) atoms. The van der Waals surface area contributed by atoms with Gasteiger partial charge in [-0.05, 0) is 49.0 Å². The molecule has 0 aromatic heterocycles. The Hall–Kier alpha value is -1.93. The van der Waals surface area contributed by atoms with E-state index < -0.39 is 5.79 Å². The van der Waals surface area contributed by atoms with Crippen molar-refractivity contribution in [3.63, 3.8) is 0 Å². The van der Waals surface area contributed by atoms with Crippen molar-refractivity contribution in [1.82, 2.24) is 5.32 Å². The lowest BCUT2D eigenvalue weighted by Gasteiger charge is -2.36. The number of allylic oxidation sites excluding steroid dienone is 2. The highest BCUT2D eigenvalue weighted by atomic mass is 35.5. The Bertz CT molecular complexity index is 764. The van der Waals surface area contributed by atoms with Crippen LogP contribution in [0.3, 0.4) is 0 Å². The monoisotopic (exact) mass is 423 g/mol. The van der Waals surface area contributed by atoms with Gasteiger partial charge in [0.25, 0.3) is 0 Å². The number of unbranched alkanes of at least 4 members (excludes halogenated alkanes) is 1. The van der Waals surface area contributed by atoms with Crippen molar-refractivity contribution in [2.24, 2.45) is 0 Å². The fourth-order valence-corrected chi connectivity index (χ4v) is 3.09. The number of halogens is 1. The Morgan fingerprint density at radius 2 is 1.86 bits per heavy atom. The summed E-state index contributed by atoms with van der Waals surface area (Å²) >= 11 is 11.6. The SMILES string of the molecule is CCCCOC1(OC)CC=C(Cl)C=C1NC(=S)Nc1ccc(NC(C)=O)cc1. The number of rotatable bonds is 8. The predicted molar refractivity (Wildman–Crippen MR) is 117 cm³/mol. The molecule has 1 unspecified atom stereocenters. The van der Waals surface area contributed by atoms with Crippen LogP contribution in [-0.2, 0) is 14.3 Å². The summed E-state index contributed by atoms with van der Waals surface area (Å²) in [7, 11) is 1.60. The average molecular weight is 424 g/mol. The molecule has 0 fully saturated rings. The zero-order valence-electron chi connectivity index (χ0n) is 16.3. The van der Waals surface area contributed by atoms with Crippen molar-refractivity contribution in [2.45, 2.75) is 38.9 Å². The van der Waals surface area contributed by atoms with E-state index in [4.69, 9.17) is 33.3 Å². The molecule has 3 N–H and O–H groups in total. The minimum absolute atomic E-state index is 0.119. The van der Waals surface area contributed by atoms with Gasteiger partial charge in [-0.15, -0.1) is 0 Å². The van der Waals surface area contributed by atoms with Gasteiger partial charge in [-0.25, -0.2) is 0 Å². The molecule has 0 aliphatic heterocycles.